The fourth-order valence-corrected chi connectivity index (χ4v) is 2.25. The minimum Gasteiger partial charge on any atom is -0.504 e. The third-order valence-electron chi connectivity index (χ3n) is 3.46. The van der Waals surface area contributed by atoms with Gasteiger partial charge in [-0.1, -0.05) is 30.3 Å². The molecule has 1 aliphatic heterocycles. The summed E-state index contributed by atoms with van der Waals surface area (Å²) >= 11 is 0. The molecule has 1 heterocycles. The number of aromatic hydroxyl groups is 1. The molecule has 3 rings (SSSR count). The molecule has 0 amide bonds. The first kappa shape index (κ1) is 14.9. The number of hydrogen-bond acceptors (Lipinski definition) is 5. The largest absolute Gasteiger partial charge is 0.504 e. The SMILES string of the molecule is COc1cc(/C=N/N=C2\C[C@@H](c3ccccc3)N=N2)ccc1O. The van der Waals surface area contributed by atoms with Crippen LogP contribution in [0.4, 0.5) is 0 Å². The van der Waals surface area contributed by atoms with E-state index < -0.39 is 0 Å². The van der Waals surface area contributed by atoms with Gasteiger partial charge in [-0.15, -0.1) is 10.2 Å². The van der Waals surface area contributed by atoms with Gasteiger partial charge in [0.1, 0.15) is 6.04 Å². The first-order valence-corrected chi connectivity index (χ1v) is 7.19. The first-order chi connectivity index (χ1) is 11.3. The Morgan fingerprint density at radius 2 is 2.04 bits per heavy atom. The lowest BCUT2D eigenvalue weighted by Gasteiger charge is -2.03. The van der Waals surface area contributed by atoms with Gasteiger partial charge in [-0.2, -0.15) is 10.2 Å². The molecule has 2 aromatic rings. The van der Waals surface area contributed by atoms with Crippen LogP contribution in [0.3, 0.4) is 0 Å². The average molecular weight is 308 g/mol. The molecule has 0 bridgehead atoms. The molecule has 1 atom stereocenters. The maximum atomic E-state index is 9.55. The van der Waals surface area contributed by atoms with Crippen LogP contribution in [-0.2, 0) is 0 Å². The molecule has 0 aliphatic carbocycles. The summed E-state index contributed by atoms with van der Waals surface area (Å²) in [6, 6.07) is 15.0. The Balaban J connectivity index is 1.66. The van der Waals surface area contributed by atoms with E-state index in [1.54, 1.807) is 24.4 Å². The zero-order valence-corrected chi connectivity index (χ0v) is 12.6. The van der Waals surface area contributed by atoms with Crippen LogP contribution in [0.15, 0.2) is 69.0 Å². The van der Waals surface area contributed by atoms with Crippen molar-refractivity contribution >= 4 is 12.1 Å². The second kappa shape index (κ2) is 6.83. The molecule has 6 heteroatoms. The average Bonchev–Trinajstić information content (AvgIpc) is 3.06. The molecule has 1 aliphatic rings. The molecule has 0 unspecified atom stereocenters. The van der Waals surface area contributed by atoms with Crippen LogP contribution in [0.5, 0.6) is 11.5 Å². The Hall–Kier alpha value is -3.02. The molecule has 1 N–H and O–H groups in total. The van der Waals surface area contributed by atoms with Crippen LogP contribution >= 0.6 is 0 Å². The number of phenols is 1. The van der Waals surface area contributed by atoms with E-state index >= 15 is 0 Å². The molecule has 0 saturated heterocycles. The molecule has 116 valence electrons. The number of methoxy groups -OCH3 is 1. The minimum absolute atomic E-state index is 0.0129. The lowest BCUT2D eigenvalue weighted by atomic mass is 10.1. The smallest absolute Gasteiger partial charge is 0.175 e. The zero-order chi connectivity index (χ0) is 16.1. The fraction of sp³-hybridized carbons (Fsp3) is 0.176. The maximum absolute atomic E-state index is 9.55. The number of benzene rings is 2. The van der Waals surface area contributed by atoms with Gasteiger partial charge in [-0.25, -0.2) is 0 Å². The van der Waals surface area contributed by atoms with Gasteiger partial charge in [-0.05, 0) is 29.3 Å². The van der Waals surface area contributed by atoms with Gasteiger partial charge in [-0.3, -0.25) is 0 Å². The highest BCUT2D eigenvalue weighted by molar-refractivity contribution is 5.86. The fourth-order valence-electron chi connectivity index (χ4n) is 2.25. The quantitative estimate of drug-likeness (QED) is 0.690. The van der Waals surface area contributed by atoms with Crippen molar-refractivity contribution in [2.45, 2.75) is 12.5 Å². The van der Waals surface area contributed by atoms with Crippen LogP contribution < -0.4 is 4.74 Å². The predicted molar refractivity (Wildman–Crippen MR) is 88.3 cm³/mol. The summed E-state index contributed by atoms with van der Waals surface area (Å²) in [5.41, 5.74) is 1.90. The molecule has 0 spiro atoms. The normalized spacial score (nSPS) is 18.8. The summed E-state index contributed by atoms with van der Waals surface area (Å²) in [5.74, 6) is 1.08. The summed E-state index contributed by atoms with van der Waals surface area (Å²) in [6.45, 7) is 0. The van der Waals surface area contributed by atoms with E-state index in [1.165, 1.54) is 7.11 Å². The van der Waals surface area contributed by atoms with Gasteiger partial charge in [0.2, 0.25) is 0 Å². The van der Waals surface area contributed by atoms with Gasteiger partial charge < -0.3 is 9.84 Å². The Labute approximate surface area is 133 Å². The van der Waals surface area contributed by atoms with Crippen molar-refractivity contribution in [1.82, 2.24) is 0 Å². The molecule has 0 radical (unpaired) electrons. The van der Waals surface area contributed by atoms with Crippen LogP contribution in [0.1, 0.15) is 23.6 Å². The topological polar surface area (TPSA) is 78.9 Å². The highest BCUT2D eigenvalue weighted by Gasteiger charge is 2.19. The molecule has 0 saturated carbocycles. The highest BCUT2D eigenvalue weighted by atomic mass is 16.5. The van der Waals surface area contributed by atoms with E-state index in [1.807, 2.05) is 30.3 Å². The van der Waals surface area contributed by atoms with E-state index in [9.17, 15) is 5.11 Å². The van der Waals surface area contributed by atoms with Gasteiger partial charge in [0.05, 0.1) is 13.3 Å². The zero-order valence-electron chi connectivity index (χ0n) is 12.6. The van der Waals surface area contributed by atoms with Crippen molar-refractivity contribution in [3.8, 4) is 11.5 Å². The Kier molecular flexibility index (Phi) is 4.42. The highest BCUT2D eigenvalue weighted by Crippen LogP contribution is 2.27. The first-order valence-electron chi connectivity index (χ1n) is 7.19. The van der Waals surface area contributed by atoms with Crippen LogP contribution in [0.2, 0.25) is 0 Å². The number of amidine groups is 1. The van der Waals surface area contributed by atoms with Crippen LogP contribution in [-0.4, -0.2) is 24.3 Å². The van der Waals surface area contributed by atoms with E-state index in [0.717, 1.165) is 11.1 Å². The number of nitrogens with zero attached hydrogens (tertiary/aromatic N) is 4. The van der Waals surface area contributed by atoms with Crippen molar-refractivity contribution < 1.29 is 9.84 Å². The molecule has 0 fully saturated rings. The number of azo groups is 1. The standard InChI is InChI=1S/C17H16N4O2/c1-23-16-9-12(7-8-15(16)22)11-18-20-17-10-14(19-21-17)13-5-3-2-4-6-13/h2-9,11,14,22H,10H2,1H3/b18-11+,20-17+/t14-/m0/s1. The second-order valence-electron chi connectivity index (χ2n) is 5.04. The summed E-state index contributed by atoms with van der Waals surface area (Å²) in [4.78, 5) is 0. The van der Waals surface area contributed by atoms with Crippen LogP contribution in [0.25, 0.3) is 0 Å². The summed E-state index contributed by atoms with van der Waals surface area (Å²) in [7, 11) is 1.50. The number of hydrogen-bond donors (Lipinski definition) is 1. The van der Waals surface area contributed by atoms with Crippen molar-refractivity contribution in [2.24, 2.45) is 20.4 Å². The Morgan fingerprint density at radius 1 is 1.22 bits per heavy atom. The van der Waals surface area contributed by atoms with Crippen molar-refractivity contribution in [3.05, 3.63) is 59.7 Å². The van der Waals surface area contributed by atoms with Crippen molar-refractivity contribution in [2.75, 3.05) is 7.11 Å². The predicted octanol–water partition coefficient (Wildman–Crippen LogP) is 3.73. The van der Waals surface area contributed by atoms with E-state index in [-0.39, 0.29) is 11.8 Å². The van der Waals surface area contributed by atoms with Crippen LogP contribution in [0, 0.1) is 0 Å². The van der Waals surface area contributed by atoms with Gasteiger partial charge in [0, 0.05) is 6.42 Å². The second-order valence-corrected chi connectivity index (χ2v) is 5.04. The van der Waals surface area contributed by atoms with Gasteiger partial charge in [0.25, 0.3) is 0 Å². The minimum atomic E-state index is 0.0129. The molecule has 2 aromatic carbocycles. The molecular weight excluding hydrogens is 292 g/mol. The molecule has 0 aromatic heterocycles. The lowest BCUT2D eigenvalue weighted by Crippen LogP contribution is -1.95. The van der Waals surface area contributed by atoms with Crippen molar-refractivity contribution in [3.63, 3.8) is 0 Å². The summed E-state index contributed by atoms with van der Waals surface area (Å²) < 4.78 is 5.05. The maximum Gasteiger partial charge on any atom is 0.175 e. The summed E-state index contributed by atoms with van der Waals surface area (Å²) in [6.07, 6.45) is 2.22. The van der Waals surface area contributed by atoms with Gasteiger partial charge in [0.15, 0.2) is 17.3 Å². The third-order valence-corrected chi connectivity index (χ3v) is 3.46. The molecule has 23 heavy (non-hydrogen) atoms. The Morgan fingerprint density at radius 3 is 2.83 bits per heavy atom. The number of rotatable bonds is 4. The van der Waals surface area contributed by atoms with E-state index in [4.69, 9.17) is 4.74 Å². The Bertz CT molecular complexity index is 769. The van der Waals surface area contributed by atoms with Gasteiger partial charge >= 0.3 is 0 Å². The third kappa shape index (κ3) is 3.60. The monoisotopic (exact) mass is 308 g/mol. The number of ether oxygens (including phenoxy) is 1. The molecular formula is C17H16N4O2. The molecule has 6 nitrogen and oxygen atoms in total. The van der Waals surface area contributed by atoms with Crippen molar-refractivity contribution in [1.29, 1.82) is 0 Å². The van der Waals surface area contributed by atoms with E-state index in [0.29, 0.717) is 18.0 Å². The lowest BCUT2D eigenvalue weighted by molar-refractivity contribution is 0.373. The number of phenolic OH excluding ortho intramolecular Hbond substituents is 1. The van der Waals surface area contributed by atoms with E-state index in [2.05, 4.69) is 20.4 Å². The summed E-state index contributed by atoms with van der Waals surface area (Å²) in [5, 5.41) is 26.0.